The molecule has 3 saturated heterocycles. The van der Waals surface area contributed by atoms with Crippen LogP contribution in [0, 0.1) is 34.3 Å². The summed E-state index contributed by atoms with van der Waals surface area (Å²) < 4.78 is 161. The molecule has 3 aliphatic heterocycles. The first-order valence-electron chi connectivity index (χ1n) is 25.2. The van der Waals surface area contributed by atoms with Crippen LogP contribution in [0.3, 0.4) is 0 Å². The first-order valence-corrected chi connectivity index (χ1v) is 25.2. The van der Waals surface area contributed by atoms with Crippen molar-refractivity contribution >= 4 is 29.9 Å². The van der Waals surface area contributed by atoms with Gasteiger partial charge in [-0.2, -0.15) is 31.4 Å². The van der Waals surface area contributed by atoms with Gasteiger partial charge in [-0.15, -0.1) is 0 Å². The lowest BCUT2D eigenvalue weighted by Gasteiger charge is -2.42. The number of aliphatic hydroxyl groups excluding tert-OH is 1. The Bertz CT molecular complexity index is 2930. The van der Waals surface area contributed by atoms with Crippen molar-refractivity contribution in [3.8, 4) is 23.1 Å². The number of carbonyl (C=O) groups excluding carboxylic acids is 4. The first-order chi connectivity index (χ1) is 38.0. The van der Waals surface area contributed by atoms with Gasteiger partial charge in [0, 0.05) is 80.6 Å². The zero-order valence-corrected chi connectivity index (χ0v) is 44.5. The third-order valence-electron chi connectivity index (χ3n) is 14.5. The van der Waals surface area contributed by atoms with E-state index in [0.29, 0.717) is 61.9 Å². The van der Waals surface area contributed by atoms with Crippen LogP contribution < -0.4 is 26.3 Å². The highest BCUT2D eigenvalue weighted by atomic mass is 19.4. The Morgan fingerprint density at radius 3 is 2.01 bits per heavy atom. The number of alkyl carbamates (subject to hydrolysis) is 2. The number of ether oxygens (including phenoxy) is 3. The molecule has 0 saturated carbocycles. The minimum absolute atomic E-state index is 0.160. The van der Waals surface area contributed by atoms with Gasteiger partial charge in [0.05, 0.1) is 55.2 Å². The summed E-state index contributed by atoms with van der Waals surface area (Å²) in [5.74, 6) is 0.432. The number of fused-ring (bicyclic) bond motifs is 2. The summed E-state index contributed by atoms with van der Waals surface area (Å²) in [5, 5.41) is 22.5. The van der Waals surface area contributed by atoms with Gasteiger partial charge in [-0.05, 0) is 76.4 Å². The number of likely N-dealkylation sites (tertiary alicyclic amines) is 1. The number of halogens is 10. The zero-order chi connectivity index (χ0) is 59.4. The largest absolute Gasteiger partial charge is 0.453 e. The minimum atomic E-state index is -5.26. The molecule has 6 atom stereocenters. The molecule has 0 aliphatic carbocycles. The van der Waals surface area contributed by atoms with Gasteiger partial charge >= 0.3 is 24.5 Å². The highest BCUT2D eigenvalue weighted by Crippen LogP contribution is 2.43. The Hall–Kier alpha value is -7.29. The molecule has 3 fully saturated rings. The minimum Gasteiger partial charge on any atom is -0.453 e. The number of aliphatic hydroxyl groups is 1. The second-order valence-electron chi connectivity index (χ2n) is 20.8. The molecule has 5 heterocycles. The Labute approximate surface area is 458 Å². The third kappa shape index (κ3) is 14.4. The van der Waals surface area contributed by atoms with Gasteiger partial charge in [0.15, 0.2) is 6.10 Å². The lowest BCUT2D eigenvalue weighted by molar-refractivity contribution is -0.239. The molecule has 440 valence electrons. The molecule has 19 nitrogen and oxygen atoms in total. The van der Waals surface area contributed by atoms with Gasteiger partial charge in [-0.25, -0.2) is 42.1 Å². The van der Waals surface area contributed by atoms with Crippen molar-refractivity contribution in [3.63, 3.8) is 0 Å². The molecule has 4 aromatic rings. The smallest absolute Gasteiger partial charge is 0.407 e. The number of hydrogen-bond donors (Lipinski definition) is 5. The monoisotopic (exact) mass is 1160 g/mol. The molecule has 0 radical (unpaired) electrons. The molecule has 81 heavy (non-hydrogen) atoms. The number of aromatic nitrogens is 4. The number of methoxy groups -OCH3 is 1. The molecule has 29 heteroatoms. The van der Waals surface area contributed by atoms with Crippen LogP contribution in [0.15, 0.2) is 61.1 Å². The van der Waals surface area contributed by atoms with Crippen LogP contribution in [0.25, 0.3) is 11.3 Å². The van der Waals surface area contributed by atoms with E-state index >= 15 is 8.78 Å². The van der Waals surface area contributed by atoms with Crippen LogP contribution in [0.5, 0.6) is 0 Å². The summed E-state index contributed by atoms with van der Waals surface area (Å²) in [6.45, 7) is 2.20. The van der Waals surface area contributed by atoms with E-state index in [1.165, 1.54) is 30.3 Å². The Kier molecular flexibility index (Phi) is 18.8. The van der Waals surface area contributed by atoms with E-state index in [2.05, 4.69) is 46.8 Å². The fraction of sp³-hybridized carbons (Fsp3) is 0.519. The zero-order valence-electron chi connectivity index (χ0n) is 44.5. The van der Waals surface area contributed by atoms with Crippen molar-refractivity contribution < 1.29 is 82.4 Å². The molecule has 0 spiro atoms. The number of amides is 4. The first kappa shape index (κ1) is 61.3. The summed E-state index contributed by atoms with van der Waals surface area (Å²) >= 11 is 0. The Morgan fingerprint density at radius 1 is 0.840 bits per heavy atom. The number of nitrogens with one attached hydrogen (secondary N) is 4. The molecule has 7 rings (SSSR count). The van der Waals surface area contributed by atoms with Gasteiger partial charge in [0.25, 0.3) is 12.3 Å². The van der Waals surface area contributed by atoms with Gasteiger partial charge < -0.3 is 40.2 Å². The van der Waals surface area contributed by atoms with Crippen molar-refractivity contribution in [2.45, 2.75) is 115 Å². The SMILES string of the molecule is CNC(=O)O[C@H](C(=O)NN(Cc1c(F)cc(-c2ccn(CC(F)F)n2)cc1F)C[C@H](O)[C@H](Cc1ccc(C#Cc2cnc(N3C[C@H]4C[C@@H]3CN4C3COC3)nc2)cc1)NC(=O)[C@@H](NC(=O)OC)C(C)(C)C(F)(F)F)C(C)(C)C(F)(F)F. The number of carbonyl (C=O) groups is 4. The highest BCUT2D eigenvalue weighted by molar-refractivity contribution is 5.87. The molecule has 2 aromatic heterocycles. The van der Waals surface area contributed by atoms with E-state index in [1.54, 1.807) is 12.4 Å². The van der Waals surface area contributed by atoms with Crippen LogP contribution in [-0.4, -0.2) is 167 Å². The molecule has 4 amide bonds. The van der Waals surface area contributed by atoms with Crippen molar-refractivity contribution in [1.82, 2.24) is 51.0 Å². The number of alkyl halides is 8. The molecule has 2 aromatic carbocycles. The number of nitrogens with zero attached hydrogens (tertiary/aromatic N) is 7. The lowest BCUT2D eigenvalue weighted by Crippen LogP contribution is -2.62. The average molecular weight is 1160 g/mol. The Morgan fingerprint density at radius 2 is 1.47 bits per heavy atom. The van der Waals surface area contributed by atoms with E-state index in [-0.39, 0.29) is 22.9 Å². The summed E-state index contributed by atoms with van der Waals surface area (Å²) in [6.07, 6.45) is -16.4. The van der Waals surface area contributed by atoms with Crippen molar-refractivity contribution in [2.75, 3.05) is 51.9 Å². The van der Waals surface area contributed by atoms with E-state index in [1.807, 2.05) is 16.1 Å². The molecule has 0 unspecified atom stereocenters. The summed E-state index contributed by atoms with van der Waals surface area (Å²) in [4.78, 5) is 66.6. The lowest BCUT2D eigenvalue weighted by atomic mass is 9.82. The number of rotatable bonds is 20. The normalized spacial score (nSPS) is 18.3. The van der Waals surface area contributed by atoms with E-state index in [4.69, 9.17) is 9.47 Å². The van der Waals surface area contributed by atoms with Crippen molar-refractivity contribution in [2.24, 2.45) is 10.8 Å². The third-order valence-corrected chi connectivity index (χ3v) is 14.5. The maximum atomic E-state index is 16.1. The van der Waals surface area contributed by atoms with Gasteiger partial charge in [-0.3, -0.25) is 24.6 Å². The summed E-state index contributed by atoms with van der Waals surface area (Å²) in [5.41, 5.74) is -4.39. The number of hydrogen-bond acceptors (Lipinski definition) is 14. The standard InChI is InChI=1S/C52H59F10N11O8/c1-49(2,51(57,58)59)42(67-48(78)79-6)44(75)66-39(15-29-10-7-28(8-11-29)9-12-30-19-64-46(65-20-30)73-22-32-18-33(73)21-72(32)34-26-80-27-34)40(74)24-71(69-45(76)43(81-47(77)63-5)50(3,4)52(60,61)62)23-35-36(53)16-31(17-37(35)54)38-13-14-70(68-38)25-41(55)56/h7-8,10-11,13-14,16-17,19-20,32-34,39-43,74H,15,18,21-27H2,1-6H3,(H,63,77)(H,66,75)(H,67,78)(H,69,76)/t32-,33-,39+,40+,42-,43-/m1/s1. The molecule has 5 N–H and O–H groups in total. The fourth-order valence-electron chi connectivity index (χ4n) is 9.34. The Balaban J connectivity index is 1.18. The quantitative estimate of drug-likeness (QED) is 0.0420. The van der Waals surface area contributed by atoms with Crippen LogP contribution in [0.4, 0.5) is 59.4 Å². The predicted molar refractivity (Wildman–Crippen MR) is 267 cm³/mol. The number of piperazine rings is 1. The van der Waals surface area contributed by atoms with Gasteiger partial charge in [-0.1, -0.05) is 24.0 Å². The maximum absolute atomic E-state index is 16.1. The van der Waals surface area contributed by atoms with E-state index in [9.17, 15) is 59.4 Å². The fourth-order valence-corrected chi connectivity index (χ4v) is 9.34. The van der Waals surface area contributed by atoms with E-state index in [0.717, 1.165) is 69.9 Å². The number of anilines is 1. The average Bonchev–Trinajstić information content (AvgIpc) is 4.37. The van der Waals surface area contributed by atoms with Gasteiger partial charge in [0.1, 0.15) is 29.6 Å². The van der Waals surface area contributed by atoms with Gasteiger partial charge in [0.2, 0.25) is 11.9 Å². The second kappa shape index (κ2) is 24.8. The maximum Gasteiger partial charge on any atom is 0.407 e. The van der Waals surface area contributed by atoms with Crippen LogP contribution >= 0.6 is 0 Å². The van der Waals surface area contributed by atoms with E-state index < -0.39 is 121 Å². The number of benzene rings is 2. The summed E-state index contributed by atoms with van der Waals surface area (Å²) in [6, 6.07) is 5.47. The number of hydrazine groups is 1. The van der Waals surface area contributed by atoms with Crippen LogP contribution in [0.2, 0.25) is 0 Å². The topological polar surface area (TPSA) is 218 Å². The second-order valence-corrected chi connectivity index (χ2v) is 20.8. The molecule has 3 aliphatic rings. The molecular weight excluding hydrogens is 1100 g/mol. The van der Waals surface area contributed by atoms with Crippen molar-refractivity contribution in [1.29, 1.82) is 0 Å². The predicted octanol–water partition coefficient (Wildman–Crippen LogP) is 5.49. The molecular formula is C52H59F10N11O8. The van der Waals surface area contributed by atoms with Crippen molar-refractivity contribution in [3.05, 3.63) is 94.9 Å². The van der Waals surface area contributed by atoms with Crippen LogP contribution in [-0.2, 0) is 43.3 Å². The summed E-state index contributed by atoms with van der Waals surface area (Å²) in [7, 11) is 1.79. The van der Waals surface area contributed by atoms with Crippen LogP contribution in [0.1, 0.15) is 56.4 Å². The highest BCUT2D eigenvalue weighted by Gasteiger charge is 2.58. The molecule has 2 bridgehead atoms.